The Hall–Kier alpha value is -3.02. The van der Waals surface area contributed by atoms with Crippen molar-refractivity contribution in [3.8, 4) is 11.5 Å². The molecule has 3 aromatic rings. The standard InChI is InChI=1S/C19H21N3O3/c1-12-5-8-16-15(9-12)18(21-20-16)19(23)22(2)11-13-6-7-14(24-3)10-17(13)25-4/h5-10H,11H2,1-4H3,(H,20,21). The van der Waals surface area contributed by atoms with Crippen LogP contribution in [-0.4, -0.2) is 42.3 Å². The molecule has 0 aliphatic carbocycles. The number of amides is 1. The molecular weight excluding hydrogens is 318 g/mol. The molecule has 0 saturated carbocycles. The molecule has 6 nitrogen and oxygen atoms in total. The van der Waals surface area contributed by atoms with Gasteiger partial charge < -0.3 is 14.4 Å². The molecule has 0 aliphatic rings. The Morgan fingerprint density at radius 2 is 1.96 bits per heavy atom. The van der Waals surface area contributed by atoms with E-state index in [1.54, 1.807) is 32.2 Å². The number of hydrogen-bond donors (Lipinski definition) is 1. The first-order valence-corrected chi connectivity index (χ1v) is 7.94. The molecule has 0 bridgehead atoms. The first kappa shape index (κ1) is 16.8. The van der Waals surface area contributed by atoms with Gasteiger partial charge in [0, 0.05) is 30.6 Å². The number of methoxy groups -OCH3 is 2. The van der Waals surface area contributed by atoms with Crippen molar-refractivity contribution < 1.29 is 14.3 Å². The Morgan fingerprint density at radius 3 is 2.68 bits per heavy atom. The highest BCUT2D eigenvalue weighted by Gasteiger charge is 2.19. The maximum Gasteiger partial charge on any atom is 0.275 e. The van der Waals surface area contributed by atoms with Gasteiger partial charge in [0.1, 0.15) is 11.5 Å². The van der Waals surface area contributed by atoms with Crippen LogP contribution in [0, 0.1) is 6.92 Å². The summed E-state index contributed by atoms with van der Waals surface area (Å²) in [6, 6.07) is 11.4. The Bertz CT molecular complexity index is 917. The molecule has 0 unspecified atom stereocenters. The third-order valence-corrected chi connectivity index (χ3v) is 4.17. The number of ether oxygens (including phenoxy) is 2. The number of aromatic nitrogens is 2. The number of aromatic amines is 1. The van der Waals surface area contributed by atoms with Crippen LogP contribution in [-0.2, 0) is 6.54 Å². The van der Waals surface area contributed by atoms with E-state index in [-0.39, 0.29) is 5.91 Å². The SMILES string of the molecule is COc1ccc(CN(C)C(=O)c2n[nH]c3ccc(C)cc23)c(OC)c1. The molecule has 0 saturated heterocycles. The number of fused-ring (bicyclic) bond motifs is 1. The quantitative estimate of drug-likeness (QED) is 0.775. The normalized spacial score (nSPS) is 10.7. The number of benzene rings is 2. The van der Waals surface area contributed by atoms with E-state index in [0.29, 0.717) is 23.7 Å². The number of carbonyl (C=O) groups excluding carboxylic acids is 1. The minimum absolute atomic E-state index is 0.144. The maximum absolute atomic E-state index is 12.8. The highest BCUT2D eigenvalue weighted by atomic mass is 16.5. The lowest BCUT2D eigenvalue weighted by atomic mass is 10.1. The van der Waals surface area contributed by atoms with Crippen LogP contribution in [0.3, 0.4) is 0 Å². The van der Waals surface area contributed by atoms with E-state index in [9.17, 15) is 4.79 Å². The Labute approximate surface area is 146 Å². The smallest absolute Gasteiger partial charge is 0.275 e. The zero-order valence-corrected chi connectivity index (χ0v) is 14.8. The van der Waals surface area contributed by atoms with Gasteiger partial charge in [-0.3, -0.25) is 9.89 Å². The molecule has 0 atom stereocenters. The number of carbonyl (C=O) groups is 1. The van der Waals surface area contributed by atoms with Crippen LogP contribution in [0.25, 0.3) is 10.9 Å². The van der Waals surface area contributed by atoms with Crippen molar-refractivity contribution in [3.05, 3.63) is 53.2 Å². The van der Waals surface area contributed by atoms with Crippen LogP contribution in [0.4, 0.5) is 0 Å². The fraction of sp³-hybridized carbons (Fsp3) is 0.263. The largest absolute Gasteiger partial charge is 0.497 e. The highest BCUT2D eigenvalue weighted by Crippen LogP contribution is 2.26. The molecule has 6 heteroatoms. The number of aryl methyl sites for hydroxylation is 1. The molecule has 1 heterocycles. The topological polar surface area (TPSA) is 67.5 Å². The molecule has 0 radical (unpaired) electrons. The molecule has 130 valence electrons. The lowest BCUT2D eigenvalue weighted by molar-refractivity contribution is 0.0780. The van der Waals surface area contributed by atoms with Gasteiger partial charge in [-0.25, -0.2) is 0 Å². The molecule has 1 aromatic heterocycles. The average Bonchev–Trinajstić information content (AvgIpc) is 3.04. The summed E-state index contributed by atoms with van der Waals surface area (Å²) < 4.78 is 10.6. The number of nitrogens with zero attached hydrogens (tertiary/aromatic N) is 2. The summed E-state index contributed by atoms with van der Waals surface area (Å²) in [5, 5.41) is 7.95. The van der Waals surface area contributed by atoms with Crippen molar-refractivity contribution in [1.29, 1.82) is 0 Å². The van der Waals surface area contributed by atoms with Gasteiger partial charge in [-0.1, -0.05) is 11.6 Å². The monoisotopic (exact) mass is 339 g/mol. The molecule has 1 N–H and O–H groups in total. The lowest BCUT2D eigenvalue weighted by Gasteiger charge is -2.18. The van der Waals surface area contributed by atoms with Crippen molar-refractivity contribution in [2.45, 2.75) is 13.5 Å². The van der Waals surface area contributed by atoms with Crippen molar-refractivity contribution in [2.24, 2.45) is 0 Å². The molecule has 2 aromatic carbocycles. The van der Waals surface area contributed by atoms with Crippen LogP contribution >= 0.6 is 0 Å². The van der Waals surface area contributed by atoms with E-state index in [4.69, 9.17) is 9.47 Å². The number of hydrogen-bond acceptors (Lipinski definition) is 4. The second-order valence-electron chi connectivity index (χ2n) is 5.96. The fourth-order valence-corrected chi connectivity index (χ4v) is 2.78. The van der Waals surface area contributed by atoms with E-state index in [1.807, 2.05) is 37.3 Å². The van der Waals surface area contributed by atoms with Crippen molar-refractivity contribution in [1.82, 2.24) is 15.1 Å². The number of nitrogens with one attached hydrogen (secondary N) is 1. The molecule has 0 fully saturated rings. The zero-order valence-electron chi connectivity index (χ0n) is 14.8. The summed E-state index contributed by atoms with van der Waals surface area (Å²) in [7, 11) is 4.96. The minimum atomic E-state index is -0.144. The fourth-order valence-electron chi connectivity index (χ4n) is 2.78. The Morgan fingerprint density at radius 1 is 1.16 bits per heavy atom. The molecular formula is C19H21N3O3. The van der Waals surface area contributed by atoms with Crippen LogP contribution in [0.15, 0.2) is 36.4 Å². The second kappa shape index (κ2) is 6.84. The molecule has 1 amide bonds. The molecule has 0 aliphatic heterocycles. The number of H-pyrrole nitrogens is 1. The summed E-state index contributed by atoms with van der Waals surface area (Å²) in [6.45, 7) is 2.40. The highest BCUT2D eigenvalue weighted by molar-refractivity contribution is 6.04. The van der Waals surface area contributed by atoms with Gasteiger partial charge in [0.25, 0.3) is 5.91 Å². The van der Waals surface area contributed by atoms with Crippen LogP contribution < -0.4 is 9.47 Å². The van der Waals surface area contributed by atoms with E-state index < -0.39 is 0 Å². The molecule has 3 rings (SSSR count). The van der Waals surface area contributed by atoms with Gasteiger partial charge in [0.05, 0.1) is 19.7 Å². The molecule has 25 heavy (non-hydrogen) atoms. The Kier molecular flexibility index (Phi) is 4.61. The van der Waals surface area contributed by atoms with Gasteiger partial charge in [-0.05, 0) is 31.2 Å². The van der Waals surface area contributed by atoms with Crippen LogP contribution in [0.2, 0.25) is 0 Å². The van der Waals surface area contributed by atoms with E-state index >= 15 is 0 Å². The van der Waals surface area contributed by atoms with Gasteiger partial charge in [0.2, 0.25) is 0 Å². The third kappa shape index (κ3) is 3.28. The lowest BCUT2D eigenvalue weighted by Crippen LogP contribution is -2.27. The predicted octanol–water partition coefficient (Wildman–Crippen LogP) is 3.16. The van der Waals surface area contributed by atoms with Crippen molar-refractivity contribution >= 4 is 16.8 Å². The van der Waals surface area contributed by atoms with Crippen LogP contribution in [0.5, 0.6) is 11.5 Å². The zero-order chi connectivity index (χ0) is 18.0. The van der Waals surface area contributed by atoms with Crippen molar-refractivity contribution in [2.75, 3.05) is 21.3 Å². The Balaban J connectivity index is 1.86. The summed E-state index contributed by atoms with van der Waals surface area (Å²) >= 11 is 0. The van der Waals surface area contributed by atoms with Crippen LogP contribution in [0.1, 0.15) is 21.6 Å². The second-order valence-corrected chi connectivity index (χ2v) is 5.96. The molecule has 0 spiro atoms. The van der Waals surface area contributed by atoms with E-state index in [0.717, 1.165) is 22.0 Å². The van der Waals surface area contributed by atoms with Gasteiger partial charge in [-0.2, -0.15) is 5.10 Å². The average molecular weight is 339 g/mol. The first-order chi connectivity index (χ1) is 12.0. The van der Waals surface area contributed by atoms with E-state index in [1.165, 1.54) is 0 Å². The predicted molar refractivity (Wildman–Crippen MR) is 96.2 cm³/mol. The summed E-state index contributed by atoms with van der Waals surface area (Å²) in [5.74, 6) is 1.25. The summed E-state index contributed by atoms with van der Waals surface area (Å²) in [6.07, 6.45) is 0. The summed E-state index contributed by atoms with van der Waals surface area (Å²) in [4.78, 5) is 14.5. The first-order valence-electron chi connectivity index (χ1n) is 7.94. The van der Waals surface area contributed by atoms with Gasteiger partial charge in [-0.15, -0.1) is 0 Å². The van der Waals surface area contributed by atoms with Gasteiger partial charge in [0.15, 0.2) is 5.69 Å². The van der Waals surface area contributed by atoms with E-state index in [2.05, 4.69) is 10.2 Å². The number of rotatable bonds is 5. The maximum atomic E-state index is 12.8. The third-order valence-electron chi connectivity index (χ3n) is 4.17. The summed E-state index contributed by atoms with van der Waals surface area (Å²) in [5.41, 5.74) is 3.26. The van der Waals surface area contributed by atoms with Crippen molar-refractivity contribution in [3.63, 3.8) is 0 Å². The van der Waals surface area contributed by atoms with Gasteiger partial charge >= 0.3 is 0 Å². The minimum Gasteiger partial charge on any atom is -0.497 e.